The quantitative estimate of drug-likeness (QED) is 0.261. The lowest BCUT2D eigenvalue weighted by molar-refractivity contribution is 0.152. The van der Waals surface area contributed by atoms with Crippen LogP contribution in [0.4, 0.5) is 4.39 Å². The molecule has 0 amide bonds. The summed E-state index contributed by atoms with van der Waals surface area (Å²) in [6, 6.07) is 14.8. The zero-order chi connectivity index (χ0) is 27.8. The highest BCUT2D eigenvalue weighted by molar-refractivity contribution is 5.95. The molecule has 0 unspecified atom stereocenters. The molecule has 0 spiro atoms. The number of rotatable bonds is 7. The molecule has 2 saturated carbocycles. The Morgan fingerprint density at radius 1 is 0.976 bits per heavy atom. The number of fused-ring (bicyclic) bond motifs is 2. The van der Waals surface area contributed by atoms with Crippen molar-refractivity contribution in [2.24, 2.45) is 7.05 Å². The van der Waals surface area contributed by atoms with Crippen LogP contribution in [0.5, 0.6) is 0 Å². The van der Waals surface area contributed by atoms with Gasteiger partial charge in [-0.05, 0) is 62.3 Å². The molecule has 206 valence electrons. The smallest absolute Gasteiger partial charge is 0.181 e. The van der Waals surface area contributed by atoms with Crippen LogP contribution in [0.1, 0.15) is 66.1 Å². The van der Waals surface area contributed by atoms with Gasteiger partial charge >= 0.3 is 0 Å². The SMILES string of the molecule is Cc1c(C2CC2)c(-c2c(F)ccc3nn(C[C@H](O)c4ccccc4)cc23)nn1-c1cc2cn(C)nc2nc1C1CC1. The first-order chi connectivity index (χ1) is 19.9. The monoisotopic (exact) mass is 547 g/mol. The zero-order valence-corrected chi connectivity index (χ0v) is 23.0. The van der Waals surface area contributed by atoms with E-state index in [2.05, 4.69) is 18.1 Å². The number of hydrogen-bond acceptors (Lipinski definition) is 5. The number of aryl methyl sites for hydroxylation is 1. The van der Waals surface area contributed by atoms with Gasteiger partial charge in [0.1, 0.15) is 11.5 Å². The summed E-state index contributed by atoms with van der Waals surface area (Å²) in [4.78, 5) is 4.97. The Hall–Kier alpha value is -4.37. The van der Waals surface area contributed by atoms with E-state index in [4.69, 9.17) is 15.2 Å². The lowest BCUT2D eigenvalue weighted by Crippen LogP contribution is -2.08. The second-order valence-corrected chi connectivity index (χ2v) is 11.5. The minimum Gasteiger partial charge on any atom is -0.386 e. The molecule has 6 aromatic rings. The van der Waals surface area contributed by atoms with Crippen LogP contribution >= 0.6 is 0 Å². The Balaban J connectivity index is 1.28. The average Bonchev–Trinajstić information content (AvgIpc) is 3.88. The third kappa shape index (κ3) is 4.14. The number of aliphatic hydroxyl groups is 1. The maximum atomic E-state index is 15.8. The fourth-order valence-corrected chi connectivity index (χ4v) is 6.11. The summed E-state index contributed by atoms with van der Waals surface area (Å²) in [7, 11) is 1.91. The van der Waals surface area contributed by atoms with Crippen LogP contribution in [0.15, 0.2) is 60.9 Å². The molecule has 2 fully saturated rings. The highest BCUT2D eigenvalue weighted by atomic mass is 19.1. The molecule has 0 saturated heterocycles. The van der Waals surface area contributed by atoms with E-state index >= 15 is 4.39 Å². The molecule has 8 rings (SSSR count). The molecule has 9 heteroatoms. The van der Waals surface area contributed by atoms with Crippen LogP contribution in [0, 0.1) is 12.7 Å². The third-order valence-corrected chi connectivity index (χ3v) is 8.43. The van der Waals surface area contributed by atoms with Crippen molar-refractivity contribution in [2.75, 3.05) is 0 Å². The zero-order valence-electron chi connectivity index (χ0n) is 23.0. The fraction of sp³-hybridized carbons (Fsp3) is 0.312. The number of hydrogen-bond donors (Lipinski definition) is 1. The standard InChI is InChI=1S/C32H30FN7O/c1-18-28(20-8-9-20)31(36-40(18)26-14-22-15-38(2)37-32(22)34-30(26)21-10-11-21)29-23-16-39(35-25(23)13-12-24(29)33)17-27(41)19-6-4-3-5-7-19/h3-7,12-16,20-21,27,41H,8-11,17H2,1-2H3/t27-/m0/s1. The summed E-state index contributed by atoms with van der Waals surface area (Å²) in [5.41, 5.74) is 7.46. The van der Waals surface area contributed by atoms with Crippen molar-refractivity contribution in [1.82, 2.24) is 34.3 Å². The lowest BCUT2D eigenvalue weighted by Gasteiger charge is -2.10. The lowest BCUT2D eigenvalue weighted by atomic mass is 9.99. The first-order valence-electron chi connectivity index (χ1n) is 14.3. The van der Waals surface area contributed by atoms with Gasteiger partial charge in [-0.3, -0.25) is 9.36 Å². The number of benzene rings is 2. The van der Waals surface area contributed by atoms with Crippen molar-refractivity contribution in [3.05, 3.63) is 89.3 Å². The first kappa shape index (κ1) is 24.4. The van der Waals surface area contributed by atoms with E-state index in [-0.39, 0.29) is 12.4 Å². The minimum absolute atomic E-state index is 0.268. The summed E-state index contributed by atoms with van der Waals surface area (Å²) in [6.07, 6.45) is 7.42. The topological polar surface area (TPSA) is 86.6 Å². The number of aliphatic hydroxyl groups excluding tert-OH is 1. The molecule has 0 radical (unpaired) electrons. The van der Waals surface area contributed by atoms with Crippen molar-refractivity contribution in [1.29, 1.82) is 0 Å². The molecule has 1 atom stereocenters. The molecule has 2 aliphatic carbocycles. The summed E-state index contributed by atoms with van der Waals surface area (Å²) in [5.74, 6) is 0.417. The third-order valence-electron chi connectivity index (χ3n) is 8.43. The average molecular weight is 548 g/mol. The Morgan fingerprint density at radius 2 is 1.76 bits per heavy atom. The number of pyridine rings is 1. The van der Waals surface area contributed by atoms with Gasteiger partial charge in [-0.15, -0.1) is 0 Å². The van der Waals surface area contributed by atoms with Crippen molar-refractivity contribution >= 4 is 21.9 Å². The summed E-state index contributed by atoms with van der Waals surface area (Å²) >= 11 is 0. The summed E-state index contributed by atoms with van der Waals surface area (Å²) in [5, 5.41) is 26.9. The predicted octanol–water partition coefficient (Wildman–Crippen LogP) is 6.11. The van der Waals surface area contributed by atoms with E-state index in [0.29, 0.717) is 34.0 Å². The maximum absolute atomic E-state index is 15.8. The first-order valence-corrected chi connectivity index (χ1v) is 14.3. The van der Waals surface area contributed by atoms with E-state index in [0.717, 1.165) is 64.9 Å². The Bertz CT molecular complexity index is 1950. The Morgan fingerprint density at radius 3 is 2.51 bits per heavy atom. The van der Waals surface area contributed by atoms with E-state index in [9.17, 15) is 5.11 Å². The van der Waals surface area contributed by atoms with Gasteiger partial charge in [-0.1, -0.05) is 30.3 Å². The normalized spacial score (nSPS) is 16.2. The van der Waals surface area contributed by atoms with Gasteiger partial charge in [-0.25, -0.2) is 14.1 Å². The van der Waals surface area contributed by atoms with Gasteiger partial charge in [0.2, 0.25) is 0 Å². The van der Waals surface area contributed by atoms with Crippen LogP contribution in [-0.2, 0) is 13.6 Å². The van der Waals surface area contributed by atoms with E-state index in [1.165, 1.54) is 6.07 Å². The van der Waals surface area contributed by atoms with E-state index in [1.807, 2.05) is 54.5 Å². The Kier molecular flexibility index (Phi) is 5.41. The van der Waals surface area contributed by atoms with E-state index in [1.54, 1.807) is 15.4 Å². The molecular weight excluding hydrogens is 517 g/mol. The predicted molar refractivity (Wildman–Crippen MR) is 154 cm³/mol. The Labute approximate surface area is 236 Å². The van der Waals surface area contributed by atoms with Gasteiger partial charge in [0, 0.05) is 53.0 Å². The molecule has 2 aliphatic rings. The van der Waals surface area contributed by atoms with Crippen LogP contribution in [-0.4, -0.2) is 39.4 Å². The number of halogens is 1. The molecular formula is C32H30FN7O. The minimum atomic E-state index is -0.724. The number of nitrogens with zero attached hydrogens (tertiary/aromatic N) is 7. The van der Waals surface area contributed by atoms with Crippen molar-refractivity contribution < 1.29 is 9.50 Å². The second-order valence-electron chi connectivity index (χ2n) is 11.5. The molecule has 4 heterocycles. The van der Waals surface area contributed by atoms with Gasteiger partial charge in [0.25, 0.3) is 0 Å². The summed E-state index contributed by atoms with van der Waals surface area (Å²) < 4.78 is 21.3. The molecule has 2 aromatic carbocycles. The van der Waals surface area contributed by atoms with Crippen LogP contribution in [0.25, 0.3) is 38.9 Å². The number of aromatic nitrogens is 7. The van der Waals surface area contributed by atoms with Gasteiger partial charge in [0.05, 0.1) is 29.5 Å². The largest absolute Gasteiger partial charge is 0.386 e. The van der Waals surface area contributed by atoms with Gasteiger partial charge < -0.3 is 5.11 Å². The van der Waals surface area contributed by atoms with Crippen LogP contribution in [0.2, 0.25) is 0 Å². The fourth-order valence-electron chi connectivity index (χ4n) is 6.11. The molecule has 4 aromatic heterocycles. The second kappa shape index (κ2) is 9.07. The molecule has 41 heavy (non-hydrogen) atoms. The van der Waals surface area contributed by atoms with Gasteiger partial charge in [0.15, 0.2) is 5.65 Å². The van der Waals surface area contributed by atoms with Crippen LogP contribution < -0.4 is 0 Å². The van der Waals surface area contributed by atoms with E-state index < -0.39 is 6.10 Å². The van der Waals surface area contributed by atoms with Crippen LogP contribution in [0.3, 0.4) is 0 Å². The molecule has 0 aliphatic heterocycles. The molecule has 0 bridgehead atoms. The highest BCUT2D eigenvalue weighted by Crippen LogP contribution is 2.49. The van der Waals surface area contributed by atoms with Gasteiger partial charge in [-0.2, -0.15) is 15.3 Å². The van der Waals surface area contributed by atoms with Crippen molar-refractivity contribution in [2.45, 2.75) is 57.1 Å². The van der Waals surface area contributed by atoms with Crippen molar-refractivity contribution in [3.63, 3.8) is 0 Å². The molecule has 1 N–H and O–H groups in total. The van der Waals surface area contributed by atoms with Crippen molar-refractivity contribution in [3.8, 4) is 16.9 Å². The molecule has 8 nitrogen and oxygen atoms in total. The highest BCUT2D eigenvalue weighted by Gasteiger charge is 2.36. The summed E-state index contributed by atoms with van der Waals surface area (Å²) in [6.45, 7) is 2.36. The maximum Gasteiger partial charge on any atom is 0.181 e.